The third-order valence-electron chi connectivity index (χ3n) is 1.75. The van der Waals surface area contributed by atoms with Crippen molar-refractivity contribution in [2.24, 2.45) is 0 Å². The molecule has 0 aliphatic rings. The van der Waals surface area contributed by atoms with Gasteiger partial charge >= 0.3 is 7.60 Å². The highest BCUT2D eigenvalue weighted by Gasteiger charge is 2.37. The maximum Gasteiger partial charge on any atom is 0.328 e. The van der Waals surface area contributed by atoms with Crippen molar-refractivity contribution < 1.29 is 34.8 Å². The minimum absolute atomic E-state index is 0.827. The van der Waals surface area contributed by atoms with E-state index in [9.17, 15) is 14.8 Å². The van der Waals surface area contributed by atoms with E-state index in [4.69, 9.17) is 20.0 Å². The highest BCUT2D eigenvalue weighted by molar-refractivity contribution is 7.51. The fraction of sp³-hybridized carbons (Fsp3) is 1.00. The normalized spacial score (nSPS) is 21.4. The van der Waals surface area contributed by atoms with Gasteiger partial charge in [0.1, 0.15) is 11.7 Å². The van der Waals surface area contributed by atoms with E-state index in [1.165, 1.54) is 0 Å². The van der Waals surface area contributed by atoms with Gasteiger partial charge in [-0.15, -0.1) is 0 Å². The summed E-state index contributed by atoms with van der Waals surface area (Å²) in [7, 11) is -4.46. The molecule has 0 aromatic heterocycles. The van der Waals surface area contributed by atoms with Crippen LogP contribution < -0.4 is 0 Å². The molecule has 14 heavy (non-hydrogen) atoms. The lowest BCUT2D eigenvalue weighted by molar-refractivity contribution is -0.131. The second-order valence-electron chi connectivity index (χ2n) is 3.37. The van der Waals surface area contributed by atoms with Gasteiger partial charge in [-0.3, -0.25) is 4.57 Å². The molecule has 3 atom stereocenters. The van der Waals surface area contributed by atoms with Crippen molar-refractivity contribution in [3.63, 3.8) is 0 Å². The average Bonchev–Trinajstić information content (AvgIpc) is 2.00. The quantitative estimate of drug-likeness (QED) is 0.290. The minimum atomic E-state index is -4.46. The molecule has 0 aromatic rings. The Morgan fingerprint density at radius 1 is 1.36 bits per heavy atom. The molecule has 0 spiro atoms. The van der Waals surface area contributed by atoms with Crippen LogP contribution in [0.25, 0.3) is 0 Å². The monoisotopic (exact) mass is 230 g/mol. The summed E-state index contributed by atoms with van der Waals surface area (Å²) in [6.07, 6.45) is -4.58. The lowest BCUT2D eigenvalue weighted by Gasteiger charge is -2.30. The van der Waals surface area contributed by atoms with Crippen LogP contribution in [0, 0.1) is 0 Å². The summed E-state index contributed by atoms with van der Waals surface area (Å²) in [5.41, 5.74) is -1.99. The van der Waals surface area contributed by atoms with Gasteiger partial charge in [-0.05, 0) is 6.92 Å². The summed E-state index contributed by atoms with van der Waals surface area (Å²) < 4.78 is 10.4. The number of aliphatic hydroxyl groups is 4. The molecular weight excluding hydrogens is 215 g/mol. The molecule has 0 radical (unpaired) electrons. The van der Waals surface area contributed by atoms with Gasteiger partial charge in [-0.25, -0.2) is 0 Å². The van der Waals surface area contributed by atoms with Gasteiger partial charge in [0.25, 0.3) is 0 Å². The summed E-state index contributed by atoms with van der Waals surface area (Å²) in [6.45, 7) is 0.215. The Morgan fingerprint density at radius 2 is 1.79 bits per heavy atom. The van der Waals surface area contributed by atoms with Crippen molar-refractivity contribution in [2.75, 3.05) is 12.8 Å². The molecule has 0 aromatic carbocycles. The molecule has 3 unspecified atom stereocenters. The van der Waals surface area contributed by atoms with Crippen molar-refractivity contribution in [1.82, 2.24) is 0 Å². The maximum absolute atomic E-state index is 10.4. The van der Waals surface area contributed by atoms with Crippen molar-refractivity contribution in [3.8, 4) is 0 Å². The van der Waals surface area contributed by atoms with Crippen molar-refractivity contribution >= 4 is 7.60 Å². The van der Waals surface area contributed by atoms with Gasteiger partial charge in [0, 0.05) is 0 Å². The Kier molecular flexibility index (Phi) is 4.67. The summed E-state index contributed by atoms with van der Waals surface area (Å²) in [6, 6.07) is 0. The molecule has 0 amide bonds. The maximum atomic E-state index is 10.4. The van der Waals surface area contributed by atoms with Crippen LogP contribution in [0.1, 0.15) is 6.92 Å². The van der Waals surface area contributed by atoms with Crippen LogP contribution >= 0.6 is 7.60 Å². The summed E-state index contributed by atoms with van der Waals surface area (Å²) >= 11 is 0. The van der Waals surface area contributed by atoms with E-state index in [2.05, 4.69) is 0 Å². The molecule has 0 fully saturated rings. The Hall–Kier alpha value is -0.0100. The summed E-state index contributed by atoms with van der Waals surface area (Å²) in [4.78, 5) is 16.9. The van der Waals surface area contributed by atoms with E-state index in [1.807, 2.05) is 0 Å². The Balaban J connectivity index is 4.40. The predicted octanol–water partition coefficient (Wildman–Crippen LogP) is -2.37. The molecular formula is C6H15O7P. The number of hydrogen-bond acceptors (Lipinski definition) is 5. The molecule has 7 nitrogen and oxygen atoms in total. The summed E-state index contributed by atoms with van der Waals surface area (Å²) in [5, 5.41) is 36.2. The average molecular weight is 230 g/mol. The molecule has 0 aliphatic carbocycles. The Labute approximate surface area is 80.8 Å². The van der Waals surface area contributed by atoms with Crippen LogP contribution in [0.2, 0.25) is 0 Å². The van der Waals surface area contributed by atoms with E-state index < -0.39 is 38.2 Å². The zero-order chi connectivity index (χ0) is 11.6. The van der Waals surface area contributed by atoms with Crippen LogP contribution in [-0.4, -0.2) is 60.8 Å². The van der Waals surface area contributed by atoms with Crippen LogP contribution in [0.3, 0.4) is 0 Å². The number of hydrogen-bond donors (Lipinski definition) is 6. The number of rotatable bonds is 5. The third kappa shape index (κ3) is 4.47. The van der Waals surface area contributed by atoms with E-state index in [1.54, 1.807) is 0 Å². The molecule has 0 aliphatic heterocycles. The Bertz CT molecular complexity index is 222. The molecule has 0 heterocycles. The van der Waals surface area contributed by atoms with Gasteiger partial charge in [0.15, 0.2) is 0 Å². The zero-order valence-corrected chi connectivity index (χ0v) is 8.50. The van der Waals surface area contributed by atoms with Crippen LogP contribution in [-0.2, 0) is 4.57 Å². The highest BCUT2D eigenvalue weighted by Crippen LogP contribution is 2.36. The van der Waals surface area contributed by atoms with Gasteiger partial charge < -0.3 is 30.2 Å². The second-order valence-corrected chi connectivity index (χ2v) is 5.07. The highest BCUT2D eigenvalue weighted by atomic mass is 31.2. The van der Waals surface area contributed by atoms with Gasteiger partial charge in [-0.1, -0.05) is 0 Å². The lowest BCUT2D eigenvalue weighted by atomic mass is 9.96. The first kappa shape index (κ1) is 14.0. The molecule has 0 bridgehead atoms. The fourth-order valence-corrected chi connectivity index (χ4v) is 1.54. The molecule has 6 N–H and O–H groups in total. The first-order chi connectivity index (χ1) is 6.10. The van der Waals surface area contributed by atoms with Gasteiger partial charge in [-0.2, -0.15) is 0 Å². The third-order valence-corrected chi connectivity index (χ3v) is 2.60. The Morgan fingerprint density at radius 3 is 2.07 bits per heavy atom. The smallest absolute Gasteiger partial charge is 0.328 e. The molecule has 0 rings (SSSR count). The van der Waals surface area contributed by atoms with E-state index in [0.717, 1.165) is 6.92 Å². The van der Waals surface area contributed by atoms with Crippen LogP contribution in [0.5, 0.6) is 0 Å². The van der Waals surface area contributed by atoms with Crippen molar-refractivity contribution in [1.29, 1.82) is 0 Å². The van der Waals surface area contributed by atoms with Crippen LogP contribution in [0.15, 0.2) is 0 Å². The lowest BCUT2D eigenvalue weighted by Crippen LogP contribution is -2.50. The van der Waals surface area contributed by atoms with Crippen molar-refractivity contribution in [2.45, 2.75) is 24.7 Å². The van der Waals surface area contributed by atoms with Crippen LogP contribution in [0.4, 0.5) is 0 Å². The first-order valence-corrected chi connectivity index (χ1v) is 5.64. The standard InChI is InChI=1S/C6H15O7P/c1-6(10,3-7)5(9)4(8)2-14(11,12)13/h4-5,7-10H,2-3H2,1H3,(H2,11,12,13). The topological polar surface area (TPSA) is 138 Å². The fourth-order valence-electron chi connectivity index (χ4n) is 0.852. The van der Waals surface area contributed by atoms with E-state index >= 15 is 0 Å². The first-order valence-electron chi connectivity index (χ1n) is 3.84. The molecule has 8 heteroatoms. The molecule has 0 saturated heterocycles. The molecule has 0 saturated carbocycles. The van der Waals surface area contributed by atoms with Gasteiger partial charge in [0.2, 0.25) is 0 Å². The zero-order valence-electron chi connectivity index (χ0n) is 7.61. The molecule has 86 valence electrons. The minimum Gasteiger partial charge on any atom is -0.393 e. The van der Waals surface area contributed by atoms with E-state index in [0.29, 0.717) is 0 Å². The summed E-state index contributed by atoms with van der Waals surface area (Å²) in [5.74, 6) is 0. The van der Waals surface area contributed by atoms with E-state index in [-0.39, 0.29) is 0 Å². The SMILES string of the molecule is CC(O)(CO)C(O)C(O)CP(=O)(O)O. The predicted molar refractivity (Wildman–Crippen MR) is 46.6 cm³/mol. The largest absolute Gasteiger partial charge is 0.393 e. The van der Waals surface area contributed by atoms with Crippen molar-refractivity contribution in [3.05, 3.63) is 0 Å². The van der Waals surface area contributed by atoms with Gasteiger partial charge in [0.05, 0.1) is 18.9 Å². The second kappa shape index (κ2) is 4.67. The number of aliphatic hydroxyl groups excluding tert-OH is 3.